The monoisotopic (exact) mass is 1370 g/mol. The third-order valence-corrected chi connectivity index (χ3v) is 14.9. The molecular formula is C55H70N30O14. The van der Waals surface area contributed by atoms with E-state index in [1.54, 1.807) is 7.05 Å². The molecule has 44 heteroatoms. The number of nitrogens with one attached hydrogen (secondary N) is 6. The Hall–Kier alpha value is -12.9. The van der Waals surface area contributed by atoms with Gasteiger partial charge in [0, 0.05) is 83.6 Å². The number of nitrogens with two attached hydrogens (primary N) is 5. The molecular weight excluding hydrogens is 1300 g/mol. The number of rotatable bonds is 36. The van der Waals surface area contributed by atoms with Gasteiger partial charge < -0.3 is 93.7 Å². The number of carbonyl (C=O) groups excluding carboxylic acids is 9. The molecule has 0 radical (unpaired) electrons. The Morgan fingerprint density at radius 3 is 1.34 bits per heavy atom. The Kier molecular flexibility index (Phi) is 24.3. The summed E-state index contributed by atoms with van der Waals surface area (Å²) in [5.74, 6) is -9.23. The van der Waals surface area contributed by atoms with E-state index >= 15 is 0 Å². The Balaban J connectivity index is 0.915. The number of carboxylic acids is 1. The average molecular weight is 1380 g/mol. The highest BCUT2D eigenvalue weighted by Crippen LogP contribution is 2.18. The first-order chi connectivity index (χ1) is 47.3. The van der Waals surface area contributed by atoms with Crippen LogP contribution in [0, 0.1) is 5.92 Å². The van der Waals surface area contributed by atoms with Gasteiger partial charge in [0.15, 0.2) is 39.9 Å². The van der Waals surface area contributed by atoms with Gasteiger partial charge in [0.1, 0.15) is 68.0 Å². The van der Waals surface area contributed by atoms with Gasteiger partial charge in [-0.15, -0.1) is 0 Å². The number of aliphatic carboxylic acids is 1. The van der Waals surface area contributed by atoms with E-state index in [1.807, 2.05) is 0 Å². The predicted octanol–water partition coefficient (Wildman–Crippen LogP) is -8.73. The van der Waals surface area contributed by atoms with Gasteiger partial charge in [-0.05, 0) is 25.6 Å². The second kappa shape index (κ2) is 33.4. The predicted molar refractivity (Wildman–Crippen MR) is 346 cm³/mol. The molecule has 44 nitrogen and oxygen atoms in total. The van der Waals surface area contributed by atoms with E-state index in [-0.39, 0.29) is 135 Å². The minimum Gasteiger partial charge on any atom is -0.480 e. The van der Waals surface area contributed by atoms with Crippen LogP contribution < -0.4 is 72.2 Å². The summed E-state index contributed by atoms with van der Waals surface area (Å²) in [6, 6.07) is 2.60. The molecule has 17 N–H and O–H groups in total. The first kappa shape index (κ1) is 71.9. The zero-order chi connectivity index (χ0) is 71.4. The molecule has 1 unspecified atom stereocenters. The quantitative estimate of drug-likeness (QED) is 0.0173. The number of hydrogen-bond donors (Lipinski definition) is 12. The third kappa shape index (κ3) is 19.8. The molecule has 0 spiro atoms. The molecule has 8 aromatic rings. The number of carboxylic acid groups (broad SMARTS) is 1. The standard InChI is InChI=1S/C55H70N30O14/c1-61-6-12-77(39(91)21-81-10-3-33(56)73-54(81)98)18-36(88)62-5-2-31(32(86)17-83-28-70-44-47(58)66-26-68-49(44)83)16-35(87)63-7-13-78(40(92)22-82-11-4-34(57)74-55(82)99)19-37(89)64-8-14-79(41(93)23-84-29-71-45-48(59)67-27-69-50(45)84)20-38(90)65-9-15-80(25-43(95)96)42(94)24-85-30-72-46-51(85)75-53(60)76-52(46)97/h3-4,10-11,26-31,61H,2,5-9,12-25H2,1H3,(H,62,88)(H,63,87)(H,64,89)(H,65,90)(H,95,96)(H2,56,73,98)(H2,57,74,99)(H2,58,66,68)(H2,59,67,69)(H3,60,75,76,97). The van der Waals surface area contributed by atoms with Crippen molar-refractivity contribution in [1.29, 1.82) is 0 Å². The van der Waals surface area contributed by atoms with Gasteiger partial charge in [-0.1, -0.05) is 0 Å². The highest BCUT2D eigenvalue weighted by molar-refractivity contribution is 5.91. The van der Waals surface area contributed by atoms with Crippen LogP contribution in [-0.2, 0) is 80.7 Å². The molecule has 524 valence electrons. The van der Waals surface area contributed by atoms with Crippen molar-refractivity contribution in [3.8, 4) is 0 Å². The normalized spacial score (nSPS) is 11.4. The summed E-state index contributed by atoms with van der Waals surface area (Å²) in [5.41, 5.74) is 27.1. The minimum absolute atomic E-state index is 0.0165. The average Bonchev–Trinajstić information content (AvgIpc) is 1.68. The highest BCUT2D eigenvalue weighted by Gasteiger charge is 2.28. The van der Waals surface area contributed by atoms with Crippen LogP contribution in [0.2, 0.25) is 0 Å². The Bertz CT molecular complexity index is 4520. The van der Waals surface area contributed by atoms with Crippen molar-refractivity contribution in [3.05, 3.63) is 87.5 Å². The van der Waals surface area contributed by atoms with Gasteiger partial charge in [0.05, 0.1) is 45.2 Å². The Labute approximate surface area is 556 Å². The first-order valence-electron chi connectivity index (χ1n) is 30.1. The van der Waals surface area contributed by atoms with Crippen molar-refractivity contribution in [3.63, 3.8) is 0 Å². The smallest absolute Gasteiger partial charge is 0.349 e. The topological polar surface area (TPSA) is 615 Å². The number of ketones is 1. The van der Waals surface area contributed by atoms with Crippen LogP contribution in [0.25, 0.3) is 33.5 Å². The summed E-state index contributed by atoms with van der Waals surface area (Å²) in [6.07, 6.45) is 7.96. The van der Waals surface area contributed by atoms with Crippen LogP contribution >= 0.6 is 0 Å². The molecule has 8 rings (SSSR count). The van der Waals surface area contributed by atoms with E-state index < -0.39 is 141 Å². The molecule has 1 atom stereocenters. The molecule has 8 heterocycles. The largest absolute Gasteiger partial charge is 0.480 e. The fraction of sp³-hybridized carbons (Fsp3) is 0.400. The maximum atomic E-state index is 14.2. The lowest BCUT2D eigenvalue weighted by Crippen LogP contribution is -2.49. The summed E-state index contributed by atoms with van der Waals surface area (Å²) >= 11 is 0. The van der Waals surface area contributed by atoms with Crippen molar-refractivity contribution in [1.82, 2.24) is 124 Å². The highest BCUT2D eigenvalue weighted by atomic mass is 16.4. The molecule has 0 bridgehead atoms. The van der Waals surface area contributed by atoms with Gasteiger partial charge in [-0.3, -0.25) is 66.9 Å². The van der Waals surface area contributed by atoms with Crippen molar-refractivity contribution in [2.45, 2.75) is 45.6 Å². The molecule has 0 fully saturated rings. The summed E-state index contributed by atoms with van der Waals surface area (Å²) in [4.78, 5) is 219. The molecule has 99 heavy (non-hydrogen) atoms. The number of aromatic amines is 1. The lowest BCUT2D eigenvalue weighted by Gasteiger charge is -2.25. The fourth-order valence-electron chi connectivity index (χ4n) is 9.84. The lowest BCUT2D eigenvalue weighted by atomic mass is 9.95. The molecule has 0 aromatic carbocycles. The summed E-state index contributed by atoms with van der Waals surface area (Å²) < 4.78 is 5.87. The Morgan fingerprint density at radius 2 is 0.889 bits per heavy atom. The molecule has 8 aromatic heterocycles. The van der Waals surface area contributed by atoms with E-state index in [2.05, 4.69) is 81.4 Å². The molecule has 0 saturated carbocycles. The first-order valence-corrected chi connectivity index (χ1v) is 30.1. The van der Waals surface area contributed by atoms with Crippen molar-refractivity contribution in [2.75, 3.05) is 121 Å². The molecule has 0 aliphatic heterocycles. The molecule has 0 saturated heterocycles. The number of anilines is 5. The van der Waals surface area contributed by atoms with Crippen molar-refractivity contribution < 1.29 is 53.1 Å². The number of Topliss-reactive ketones (excluding diaryl/α,β-unsaturated/α-hetero) is 1. The number of nitrogen functional groups attached to an aromatic ring is 5. The van der Waals surface area contributed by atoms with Crippen LogP contribution in [0.4, 0.5) is 29.2 Å². The molecule has 0 aliphatic carbocycles. The molecule has 8 amide bonds. The van der Waals surface area contributed by atoms with E-state index in [0.717, 1.165) is 36.5 Å². The number of hydrogen-bond acceptors (Lipinski definition) is 29. The van der Waals surface area contributed by atoms with Crippen LogP contribution in [0.1, 0.15) is 12.8 Å². The number of H-pyrrole nitrogens is 1. The summed E-state index contributed by atoms with van der Waals surface area (Å²) in [6.45, 7) is -7.01. The van der Waals surface area contributed by atoms with Crippen LogP contribution in [0.3, 0.4) is 0 Å². The van der Waals surface area contributed by atoms with Gasteiger partial charge >= 0.3 is 17.3 Å². The van der Waals surface area contributed by atoms with Crippen molar-refractivity contribution >= 4 is 122 Å². The number of amides is 8. The zero-order valence-corrected chi connectivity index (χ0v) is 53.1. The number of aromatic nitrogens is 16. The van der Waals surface area contributed by atoms with Gasteiger partial charge in [-0.2, -0.15) is 15.0 Å². The van der Waals surface area contributed by atoms with Gasteiger partial charge in [-0.25, -0.2) is 44.5 Å². The third-order valence-electron chi connectivity index (χ3n) is 14.9. The van der Waals surface area contributed by atoms with Crippen molar-refractivity contribution in [2.24, 2.45) is 5.92 Å². The number of likely N-dealkylation sites (N-methyl/N-ethyl adjacent to an activating group) is 1. The van der Waals surface area contributed by atoms with Crippen LogP contribution in [0.5, 0.6) is 0 Å². The second-order valence-electron chi connectivity index (χ2n) is 21.9. The van der Waals surface area contributed by atoms with Crippen LogP contribution in [-0.4, -0.2) is 254 Å². The number of imidazole rings is 3. The van der Waals surface area contributed by atoms with Gasteiger partial charge in [0.25, 0.3) is 5.56 Å². The van der Waals surface area contributed by atoms with E-state index in [4.69, 9.17) is 28.7 Å². The zero-order valence-electron chi connectivity index (χ0n) is 53.1. The summed E-state index contributed by atoms with van der Waals surface area (Å²) in [5, 5.41) is 23.0. The number of carbonyl (C=O) groups is 10. The maximum Gasteiger partial charge on any atom is 0.349 e. The lowest BCUT2D eigenvalue weighted by molar-refractivity contribution is -0.144. The van der Waals surface area contributed by atoms with Crippen LogP contribution in [0.15, 0.2) is 70.5 Å². The second-order valence-corrected chi connectivity index (χ2v) is 21.9. The number of fused-ring (bicyclic) bond motifs is 3. The van der Waals surface area contributed by atoms with E-state index in [9.17, 15) is 67.4 Å². The minimum atomic E-state index is -1.39. The molecule has 0 aliphatic rings. The fourth-order valence-corrected chi connectivity index (χ4v) is 9.84. The number of nitrogens with zero attached hydrogens (tertiary/aromatic N) is 19. The maximum absolute atomic E-state index is 14.2. The Morgan fingerprint density at radius 1 is 0.485 bits per heavy atom. The van der Waals surface area contributed by atoms with E-state index in [1.165, 1.54) is 62.1 Å². The van der Waals surface area contributed by atoms with Gasteiger partial charge in [0.2, 0.25) is 53.2 Å². The van der Waals surface area contributed by atoms with E-state index in [0.29, 0.717) is 0 Å². The summed E-state index contributed by atoms with van der Waals surface area (Å²) in [7, 11) is 1.64. The SMILES string of the molecule is CNCCN(CC(=O)NCCC(CC(=O)NCCN(CC(=O)NCCN(CC(=O)NCCN(CC(=O)O)C(=O)Cn1cnc2c(=O)[nH]c(N)nc21)C(=O)Cn1cnc2c(N)ncnc21)C(=O)Cn1ccc(N)nc1=O)C(=O)Cn1cnc2c(N)ncnc21)C(=O)Cn1ccc(N)nc1=O.